The number of rotatable bonds is 9. The van der Waals surface area contributed by atoms with Crippen molar-refractivity contribution in [1.82, 2.24) is 25.4 Å². The number of aliphatic hydroxyl groups is 1. The van der Waals surface area contributed by atoms with Crippen LogP contribution in [0.1, 0.15) is 10.7 Å². The smallest absolute Gasteiger partial charge is 0.352 e. The molecule has 6 N–H and O–H groups in total. The number of carbonyl (C=O) groups is 3. The van der Waals surface area contributed by atoms with E-state index in [2.05, 4.69) is 25.7 Å². The van der Waals surface area contributed by atoms with Gasteiger partial charge in [-0.05, 0) is 5.57 Å². The zero-order valence-electron chi connectivity index (χ0n) is 17.0. The van der Waals surface area contributed by atoms with E-state index in [0.717, 1.165) is 16.2 Å². The molecule has 2 aliphatic rings. The minimum atomic E-state index is -1.24. The average molecular weight is 544 g/mol. The number of β-lactam (4-membered cyclic amide) rings is 1. The van der Waals surface area contributed by atoms with E-state index in [1.807, 2.05) is 0 Å². The molecule has 2 aromatic heterocycles. The highest BCUT2D eigenvalue weighted by molar-refractivity contribution is 8.01. The number of carboxylic acids is 1. The number of H-pyrrole nitrogens is 1. The SMILES string of the molecule is N=c1[nH]c(C(=NO)C(=O)NC2C(=O)N3C(C(=O)O)=C(CSc4nnc(CCO)s4)CS[C@@H]23)cs1. The van der Waals surface area contributed by atoms with Crippen LogP contribution in [0.15, 0.2) is 26.1 Å². The van der Waals surface area contributed by atoms with Gasteiger partial charge < -0.3 is 25.7 Å². The Bertz CT molecular complexity index is 1250. The van der Waals surface area contributed by atoms with E-state index in [0.29, 0.717) is 32.8 Å². The molecule has 180 valence electrons. The number of aromatic amines is 1. The Kier molecular flexibility index (Phi) is 7.36. The van der Waals surface area contributed by atoms with Crippen molar-refractivity contribution in [2.24, 2.45) is 5.16 Å². The lowest BCUT2D eigenvalue weighted by atomic mass is 10.0. The maximum Gasteiger partial charge on any atom is 0.352 e. The number of carboxylic acid groups (broad SMARTS) is 1. The number of fused-ring (bicyclic) bond motifs is 1. The lowest BCUT2D eigenvalue weighted by molar-refractivity contribution is -0.150. The van der Waals surface area contributed by atoms with Crippen LogP contribution in [0.4, 0.5) is 0 Å². The third-order valence-corrected chi connectivity index (χ3v) is 9.03. The molecule has 0 aromatic carbocycles. The molecule has 1 unspecified atom stereocenters. The zero-order valence-corrected chi connectivity index (χ0v) is 20.3. The summed E-state index contributed by atoms with van der Waals surface area (Å²) in [5.41, 5.74) is 0.168. The largest absolute Gasteiger partial charge is 0.477 e. The van der Waals surface area contributed by atoms with Gasteiger partial charge in [0, 0.05) is 29.9 Å². The number of carbonyl (C=O) groups excluding carboxylic acids is 2. The molecule has 0 radical (unpaired) electrons. The summed E-state index contributed by atoms with van der Waals surface area (Å²) in [6, 6.07) is -0.990. The number of aromatic nitrogens is 3. The molecule has 0 saturated carbocycles. The first-order chi connectivity index (χ1) is 16.3. The second kappa shape index (κ2) is 10.3. The topological polar surface area (TPSA) is 205 Å². The quantitative estimate of drug-likeness (QED) is 0.0797. The summed E-state index contributed by atoms with van der Waals surface area (Å²) in [5.74, 6) is -2.03. The van der Waals surface area contributed by atoms with Gasteiger partial charge in [0.05, 0.1) is 5.69 Å². The fraction of sp³-hybridized carbons (Fsp3) is 0.353. The summed E-state index contributed by atoms with van der Waals surface area (Å²) >= 11 is 4.93. The molecule has 4 heterocycles. The van der Waals surface area contributed by atoms with Crippen LogP contribution in [-0.2, 0) is 20.8 Å². The summed E-state index contributed by atoms with van der Waals surface area (Å²) < 4.78 is 0.629. The van der Waals surface area contributed by atoms with E-state index in [4.69, 9.17) is 10.5 Å². The van der Waals surface area contributed by atoms with E-state index in [9.17, 15) is 24.7 Å². The molecule has 34 heavy (non-hydrogen) atoms. The number of amides is 2. The van der Waals surface area contributed by atoms with Crippen LogP contribution >= 0.6 is 46.2 Å². The van der Waals surface area contributed by atoms with Gasteiger partial charge in [-0.25, -0.2) is 4.79 Å². The Morgan fingerprint density at radius 1 is 1.41 bits per heavy atom. The maximum absolute atomic E-state index is 12.8. The van der Waals surface area contributed by atoms with Crippen LogP contribution < -0.4 is 10.1 Å². The highest BCUT2D eigenvalue weighted by Gasteiger charge is 2.54. The second-order valence-electron chi connectivity index (χ2n) is 6.89. The highest BCUT2D eigenvalue weighted by atomic mass is 32.2. The van der Waals surface area contributed by atoms with Crippen molar-refractivity contribution in [3.63, 3.8) is 0 Å². The first kappa shape index (κ1) is 24.4. The summed E-state index contributed by atoms with van der Waals surface area (Å²) in [5, 5.41) is 50.4. The fourth-order valence-electron chi connectivity index (χ4n) is 3.28. The molecule has 4 rings (SSSR count). The van der Waals surface area contributed by atoms with Gasteiger partial charge >= 0.3 is 5.97 Å². The van der Waals surface area contributed by atoms with Gasteiger partial charge in [-0.1, -0.05) is 28.3 Å². The van der Waals surface area contributed by atoms with Crippen LogP contribution in [0.25, 0.3) is 0 Å². The van der Waals surface area contributed by atoms with E-state index in [1.165, 1.54) is 40.2 Å². The Balaban J connectivity index is 1.46. The molecule has 17 heteroatoms. The summed E-state index contributed by atoms with van der Waals surface area (Å²) in [6.45, 7) is -0.0388. The molecule has 2 atom stereocenters. The third kappa shape index (κ3) is 4.74. The zero-order chi connectivity index (χ0) is 24.4. The highest BCUT2D eigenvalue weighted by Crippen LogP contribution is 2.41. The maximum atomic E-state index is 12.8. The van der Waals surface area contributed by atoms with Crippen molar-refractivity contribution < 1.29 is 29.8 Å². The summed E-state index contributed by atoms with van der Waals surface area (Å²) in [7, 11) is 0. The predicted molar refractivity (Wildman–Crippen MR) is 124 cm³/mol. The Morgan fingerprint density at radius 3 is 2.85 bits per heavy atom. The number of thiazole rings is 1. The van der Waals surface area contributed by atoms with Crippen molar-refractivity contribution in [3.8, 4) is 0 Å². The Labute approximate surface area is 207 Å². The van der Waals surface area contributed by atoms with Gasteiger partial charge in [-0.3, -0.25) is 19.9 Å². The molecule has 0 aliphatic carbocycles. The predicted octanol–water partition coefficient (Wildman–Crippen LogP) is -0.349. The lowest BCUT2D eigenvalue weighted by Gasteiger charge is -2.49. The molecule has 0 spiro atoms. The van der Waals surface area contributed by atoms with Crippen LogP contribution in [-0.4, -0.2) is 88.5 Å². The van der Waals surface area contributed by atoms with Gasteiger partial charge in [-0.15, -0.1) is 33.3 Å². The van der Waals surface area contributed by atoms with Crippen molar-refractivity contribution in [1.29, 1.82) is 5.41 Å². The number of aliphatic carboxylic acids is 1. The van der Waals surface area contributed by atoms with Gasteiger partial charge in [0.25, 0.3) is 11.8 Å². The molecular formula is C17H17N7O6S4. The van der Waals surface area contributed by atoms with Gasteiger partial charge in [0.1, 0.15) is 22.1 Å². The number of aliphatic hydroxyl groups excluding tert-OH is 1. The first-order valence-electron chi connectivity index (χ1n) is 9.55. The normalized spacial score (nSPS) is 20.2. The van der Waals surface area contributed by atoms with E-state index in [1.54, 1.807) is 0 Å². The minimum absolute atomic E-state index is 0.0388. The average Bonchev–Trinajstić information content (AvgIpc) is 3.44. The number of hydrogen-bond donors (Lipinski definition) is 6. The second-order valence-corrected chi connectivity index (χ2v) is 11.2. The number of oxime groups is 1. The van der Waals surface area contributed by atoms with Gasteiger partial charge in [-0.2, -0.15) is 0 Å². The van der Waals surface area contributed by atoms with Crippen LogP contribution in [0, 0.1) is 5.41 Å². The molecule has 13 nitrogen and oxygen atoms in total. The van der Waals surface area contributed by atoms with Crippen LogP contribution in [0.3, 0.4) is 0 Å². The van der Waals surface area contributed by atoms with E-state index in [-0.39, 0.29) is 28.5 Å². The van der Waals surface area contributed by atoms with E-state index < -0.39 is 29.2 Å². The van der Waals surface area contributed by atoms with Crippen molar-refractivity contribution in [3.05, 3.63) is 32.2 Å². The molecule has 1 fully saturated rings. The number of nitrogens with one attached hydrogen (secondary N) is 3. The first-order valence-corrected chi connectivity index (χ1v) is 13.3. The van der Waals surface area contributed by atoms with Gasteiger partial charge in [0.15, 0.2) is 14.9 Å². The summed E-state index contributed by atoms with van der Waals surface area (Å²) in [6.07, 6.45) is 0.394. The summed E-state index contributed by atoms with van der Waals surface area (Å²) in [4.78, 5) is 41.2. The fourth-order valence-corrected chi connectivity index (χ4v) is 7.23. The lowest BCUT2D eigenvalue weighted by Crippen LogP contribution is -2.71. The van der Waals surface area contributed by atoms with Crippen molar-refractivity contribution in [2.75, 3.05) is 18.1 Å². The monoisotopic (exact) mass is 543 g/mol. The molecule has 2 aliphatic heterocycles. The van der Waals surface area contributed by atoms with Gasteiger partial charge in [0.2, 0.25) is 0 Å². The third-order valence-electron chi connectivity index (χ3n) is 4.79. The molecule has 1 saturated heterocycles. The van der Waals surface area contributed by atoms with Crippen LogP contribution in [0.5, 0.6) is 0 Å². The molecular weight excluding hydrogens is 526 g/mol. The van der Waals surface area contributed by atoms with Crippen molar-refractivity contribution in [2.45, 2.75) is 22.2 Å². The van der Waals surface area contributed by atoms with Crippen LogP contribution in [0.2, 0.25) is 0 Å². The molecule has 0 bridgehead atoms. The minimum Gasteiger partial charge on any atom is -0.477 e. The number of hydrogen-bond acceptors (Lipinski definition) is 13. The Hall–Kier alpha value is -2.73. The number of nitrogens with zero attached hydrogens (tertiary/aromatic N) is 4. The van der Waals surface area contributed by atoms with Crippen molar-refractivity contribution >= 4 is 69.7 Å². The Morgan fingerprint density at radius 2 is 2.21 bits per heavy atom. The molecule has 2 aromatic rings. The van der Waals surface area contributed by atoms with E-state index >= 15 is 0 Å². The molecule has 2 amide bonds. The number of thioether (sulfide) groups is 2. The standard InChI is InChI=1S/C17H17N7O6S4/c18-16-19-7(5-32-16)9(23-30)12(26)20-10-13(27)24-11(15(28)29)6(3-31-14(10)24)4-33-17-22-21-8(34-17)1-2-25/h5,10,14,25,30H,1-4H2,(H2,18,19)(H,20,26)(H,28,29)/t10?,14-/m0/s1.